The van der Waals surface area contributed by atoms with Crippen LogP contribution in [0.25, 0.3) is 0 Å². The van der Waals surface area contributed by atoms with E-state index in [1.165, 1.54) is 6.08 Å². The molecule has 226 valence electrons. The molecule has 8 atom stereocenters. The SMILES string of the molecule is CCC(O)CC(O)C1(C)CC(C)C2CCC(CCC=C(C)C(=O)C(C)CCC=CC(=O)N3CCCC3C(=O)O1)O2. The van der Waals surface area contributed by atoms with Crippen molar-refractivity contribution in [3.05, 3.63) is 23.8 Å². The average Bonchev–Trinajstić information content (AvgIpc) is 3.60. The Hall–Kier alpha value is -2.03. The lowest BCUT2D eigenvalue weighted by molar-refractivity contribution is -0.184. The zero-order valence-corrected chi connectivity index (χ0v) is 25.1. The summed E-state index contributed by atoms with van der Waals surface area (Å²) in [5, 5.41) is 21.5. The number of nitrogens with zero attached hydrogens (tertiary/aromatic N) is 1. The number of hydrogen-bond donors (Lipinski definition) is 2. The molecule has 8 heteroatoms. The lowest BCUT2D eigenvalue weighted by atomic mass is 9.82. The normalized spacial score (nSPS) is 35.0. The van der Waals surface area contributed by atoms with E-state index in [4.69, 9.17) is 9.47 Å². The van der Waals surface area contributed by atoms with Gasteiger partial charge in [-0.2, -0.15) is 0 Å². The second-order valence-corrected chi connectivity index (χ2v) is 12.5. The molecule has 0 aromatic carbocycles. The van der Waals surface area contributed by atoms with Crippen LogP contribution in [0.4, 0.5) is 0 Å². The number of ketones is 1. The van der Waals surface area contributed by atoms with E-state index in [9.17, 15) is 24.6 Å². The number of aliphatic hydroxyl groups is 2. The molecular formula is C32H51NO7. The fourth-order valence-electron chi connectivity index (χ4n) is 6.36. The van der Waals surface area contributed by atoms with Crippen LogP contribution in [0.15, 0.2) is 23.8 Å². The van der Waals surface area contributed by atoms with E-state index in [2.05, 4.69) is 6.92 Å². The van der Waals surface area contributed by atoms with Gasteiger partial charge in [0.05, 0.1) is 24.4 Å². The Balaban J connectivity index is 1.85. The molecule has 0 saturated carbocycles. The van der Waals surface area contributed by atoms with Crippen molar-refractivity contribution in [3.8, 4) is 0 Å². The van der Waals surface area contributed by atoms with Gasteiger partial charge in [-0.1, -0.05) is 32.9 Å². The molecule has 0 aliphatic carbocycles. The quantitative estimate of drug-likeness (QED) is 0.480. The maximum absolute atomic E-state index is 13.5. The minimum absolute atomic E-state index is 0.00530. The Labute approximate surface area is 240 Å². The summed E-state index contributed by atoms with van der Waals surface area (Å²) in [6.07, 6.45) is 10.4. The smallest absolute Gasteiger partial charge is 0.329 e. The van der Waals surface area contributed by atoms with Crippen molar-refractivity contribution in [1.82, 2.24) is 4.90 Å². The summed E-state index contributed by atoms with van der Waals surface area (Å²) in [7, 11) is 0. The van der Waals surface area contributed by atoms with Gasteiger partial charge in [-0.3, -0.25) is 9.59 Å². The van der Waals surface area contributed by atoms with Crippen LogP contribution in [0.5, 0.6) is 0 Å². The zero-order valence-electron chi connectivity index (χ0n) is 25.1. The second kappa shape index (κ2) is 14.7. The number of rotatable bonds is 4. The van der Waals surface area contributed by atoms with Gasteiger partial charge in [0.25, 0.3) is 0 Å². The minimum Gasteiger partial charge on any atom is -0.455 e. The first kappa shape index (κ1) is 32.5. The van der Waals surface area contributed by atoms with Crippen LogP contribution < -0.4 is 0 Å². The highest BCUT2D eigenvalue weighted by molar-refractivity contribution is 5.96. The number of carbonyl (C=O) groups is 3. The van der Waals surface area contributed by atoms with Crippen LogP contribution in [0.1, 0.15) is 105 Å². The average molecular weight is 562 g/mol. The molecule has 40 heavy (non-hydrogen) atoms. The number of hydrogen-bond acceptors (Lipinski definition) is 7. The molecule has 0 spiro atoms. The van der Waals surface area contributed by atoms with Crippen LogP contribution in [0.3, 0.4) is 0 Å². The van der Waals surface area contributed by atoms with E-state index >= 15 is 0 Å². The molecule has 8 nitrogen and oxygen atoms in total. The lowest BCUT2D eigenvalue weighted by Crippen LogP contribution is -2.51. The van der Waals surface area contributed by atoms with Crippen molar-refractivity contribution in [3.63, 3.8) is 0 Å². The summed E-state index contributed by atoms with van der Waals surface area (Å²) in [5.74, 6) is -0.770. The van der Waals surface area contributed by atoms with Gasteiger partial charge >= 0.3 is 5.97 Å². The molecule has 2 bridgehead atoms. The van der Waals surface area contributed by atoms with Crippen molar-refractivity contribution in [1.29, 1.82) is 0 Å². The van der Waals surface area contributed by atoms with Gasteiger partial charge in [0.15, 0.2) is 5.78 Å². The highest BCUT2D eigenvalue weighted by Crippen LogP contribution is 2.36. The molecule has 3 aliphatic heterocycles. The number of ether oxygens (including phenoxy) is 2. The fourth-order valence-corrected chi connectivity index (χ4v) is 6.36. The third kappa shape index (κ3) is 8.49. The lowest BCUT2D eigenvalue weighted by Gasteiger charge is -2.39. The first-order chi connectivity index (χ1) is 18.9. The molecule has 2 fully saturated rings. The van der Waals surface area contributed by atoms with Gasteiger partial charge in [-0.15, -0.1) is 0 Å². The Morgan fingerprint density at radius 3 is 2.55 bits per heavy atom. The topological polar surface area (TPSA) is 113 Å². The molecule has 2 N–H and O–H groups in total. The Morgan fingerprint density at radius 2 is 1.82 bits per heavy atom. The summed E-state index contributed by atoms with van der Waals surface area (Å²) in [6.45, 7) is 9.90. The molecular weight excluding hydrogens is 510 g/mol. The number of Topliss-reactive ketones (excluding diaryl/α,β-unsaturated/α-hetero) is 1. The number of allylic oxidation sites excluding steroid dienone is 3. The summed E-state index contributed by atoms with van der Waals surface area (Å²) >= 11 is 0. The summed E-state index contributed by atoms with van der Waals surface area (Å²) in [5.41, 5.74) is -0.466. The van der Waals surface area contributed by atoms with Crippen molar-refractivity contribution in [2.75, 3.05) is 6.54 Å². The predicted molar refractivity (Wildman–Crippen MR) is 153 cm³/mol. The standard InChI is InChI=1S/C32H51NO7/c1-6-24(34)19-28(35)32(5)20-23(4)27-17-16-25(39-27)13-9-12-22(3)30(37)21(2)11-7-8-15-29(36)33-18-10-14-26(33)31(38)40-32/h8,12,15,21,23-28,34-35H,6-7,9-11,13-14,16-20H2,1-5H3. The van der Waals surface area contributed by atoms with E-state index in [0.717, 1.165) is 31.3 Å². The van der Waals surface area contributed by atoms with E-state index in [1.54, 1.807) is 17.9 Å². The van der Waals surface area contributed by atoms with Crippen LogP contribution in [0.2, 0.25) is 0 Å². The number of amides is 1. The first-order valence-electron chi connectivity index (χ1n) is 15.4. The summed E-state index contributed by atoms with van der Waals surface area (Å²) in [6, 6.07) is -0.718. The van der Waals surface area contributed by atoms with Crippen molar-refractivity contribution in [2.24, 2.45) is 11.8 Å². The third-order valence-corrected chi connectivity index (χ3v) is 9.12. The number of esters is 1. The molecule has 0 aromatic heterocycles. The van der Waals surface area contributed by atoms with Gasteiger partial charge in [0, 0.05) is 18.9 Å². The Kier molecular flexibility index (Phi) is 12.0. The van der Waals surface area contributed by atoms with Crippen molar-refractivity contribution in [2.45, 2.75) is 141 Å². The number of aliphatic hydroxyl groups excluding tert-OH is 2. The van der Waals surface area contributed by atoms with Crippen LogP contribution >= 0.6 is 0 Å². The van der Waals surface area contributed by atoms with Crippen LogP contribution in [-0.4, -0.2) is 75.4 Å². The Morgan fingerprint density at radius 1 is 1.07 bits per heavy atom. The fraction of sp³-hybridized carbons (Fsp3) is 0.781. The molecule has 8 unspecified atom stereocenters. The molecule has 0 aromatic rings. The monoisotopic (exact) mass is 561 g/mol. The largest absolute Gasteiger partial charge is 0.455 e. The molecule has 3 heterocycles. The number of fused-ring (bicyclic) bond motifs is 3. The molecule has 1 amide bonds. The molecule has 2 saturated heterocycles. The van der Waals surface area contributed by atoms with Gasteiger partial charge in [0.1, 0.15) is 11.6 Å². The summed E-state index contributed by atoms with van der Waals surface area (Å²) in [4.78, 5) is 40.9. The van der Waals surface area contributed by atoms with Crippen LogP contribution in [-0.2, 0) is 23.9 Å². The van der Waals surface area contributed by atoms with Gasteiger partial charge in [-0.25, -0.2) is 4.79 Å². The number of cyclic esters (lactones) is 1. The van der Waals surface area contributed by atoms with Crippen molar-refractivity contribution >= 4 is 17.7 Å². The predicted octanol–water partition coefficient (Wildman–Crippen LogP) is 4.66. The molecule has 0 radical (unpaired) electrons. The minimum atomic E-state index is -1.24. The zero-order chi connectivity index (χ0) is 29.4. The van der Waals surface area contributed by atoms with E-state index in [1.807, 2.05) is 26.8 Å². The van der Waals surface area contributed by atoms with Gasteiger partial charge in [0.2, 0.25) is 5.91 Å². The number of carbonyl (C=O) groups excluding carboxylic acids is 3. The first-order valence-corrected chi connectivity index (χ1v) is 15.4. The Bertz CT molecular complexity index is 946. The second-order valence-electron chi connectivity index (χ2n) is 12.5. The van der Waals surface area contributed by atoms with Crippen LogP contribution in [0, 0.1) is 11.8 Å². The van der Waals surface area contributed by atoms with Gasteiger partial charge in [-0.05, 0) is 95.6 Å². The maximum Gasteiger partial charge on any atom is 0.329 e. The highest BCUT2D eigenvalue weighted by atomic mass is 16.6. The van der Waals surface area contributed by atoms with Crippen molar-refractivity contribution < 1.29 is 34.1 Å². The maximum atomic E-state index is 13.5. The van der Waals surface area contributed by atoms with E-state index in [-0.39, 0.29) is 42.2 Å². The summed E-state index contributed by atoms with van der Waals surface area (Å²) < 4.78 is 12.5. The van der Waals surface area contributed by atoms with E-state index in [0.29, 0.717) is 45.1 Å². The van der Waals surface area contributed by atoms with Gasteiger partial charge < -0.3 is 24.6 Å². The molecule has 3 aliphatic rings. The molecule has 3 rings (SSSR count). The van der Waals surface area contributed by atoms with E-state index < -0.39 is 29.8 Å². The highest BCUT2D eigenvalue weighted by Gasteiger charge is 2.45. The third-order valence-electron chi connectivity index (χ3n) is 9.12.